The minimum atomic E-state index is -0.0378. The summed E-state index contributed by atoms with van der Waals surface area (Å²) in [5.41, 5.74) is 0. The van der Waals surface area contributed by atoms with Crippen LogP contribution in [0.25, 0.3) is 0 Å². The molecule has 1 aliphatic carbocycles. The van der Waals surface area contributed by atoms with Gasteiger partial charge < -0.3 is 9.64 Å². The maximum atomic E-state index is 12.6. The smallest absolute Gasteiger partial charge is 0.314 e. The van der Waals surface area contributed by atoms with E-state index in [1.165, 1.54) is 17.7 Å². The SMILES string of the molecule is CCN(CC)CCOC(=O)C(c1cccs1)C1CCCC1. The predicted octanol–water partition coefficient (Wildman–Crippen LogP) is 3.91. The lowest BCUT2D eigenvalue weighted by atomic mass is 9.89. The summed E-state index contributed by atoms with van der Waals surface area (Å²) in [6.45, 7) is 7.63. The molecule has 2 rings (SSSR count). The van der Waals surface area contributed by atoms with Gasteiger partial charge in [-0.05, 0) is 43.3 Å². The molecule has 4 heteroatoms. The highest BCUT2D eigenvalue weighted by Gasteiger charge is 2.33. The second-order valence-corrected chi connectivity index (χ2v) is 6.71. The predicted molar refractivity (Wildman–Crippen MR) is 87.8 cm³/mol. The zero-order chi connectivity index (χ0) is 15.1. The Kier molecular flexibility index (Phi) is 6.71. The van der Waals surface area contributed by atoms with Gasteiger partial charge in [-0.3, -0.25) is 4.79 Å². The molecule has 1 aliphatic rings. The van der Waals surface area contributed by atoms with Gasteiger partial charge in [0, 0.05) is 11.4 Å². The number of nitrogens with zero attached hydrogens (tertiary/aromatic N) is 1. The van der Waals surface area contributed by atoms with Gasteiger partial charge in [-0.15, -0.1) is 11.3 Å². The Bertz CT molecular complexity index is 408. The fraction of sp³-hybridized carbons (Fsp3) is 0.706. The van der Waals surface area contributed by atoms with E-state index in [1.54, 1.807) is 11.3 Å². The Morgan fingerprint density at radius 1 is 1.38 bits per heavy atom. The molecular weight excluding hydrogens is 282 g/mol. The lowest BCUT2D eigenvalue weighted by Crippen LogP contribution is -2.29. The van der Waals surface area contributed by atoms with Crippen LogP contribution < -0.4 is 0 Å². The minimum Gasteiger partial charge on any atom is -0.464 e. The molecule has 1 aromatic heterocycles. The molecule has 1 unspecified atom stereocenters. The highest BCUT2D eigenvalue weighted by atomic mass is 32.1. The van der Waals surface area contributed by atoms with E-state index in [2.05, 4.69) is 30.2 Å². The molecule has 3 nitrogen and oxygen atoms in total. The molecule has 1 heterocycles. The van der Waals surface area contributed by atoms with Gasteiger partial charge in [0.25, 0.3) is 0 Å². The maximum Gasteiger partial charge on any atom is 0.314 e. The highest BCUT2D eigenvalue weighted by Crippen LogP contribution is 2.39. The number of hydrogen-bond donors (Lipinski definition) is 0. The molecule has 21 heavy (non-hydrogen) atoms. The van der Waals surface area contributed by atoms with Gasteiger partial charge in [0.05, 0.1) is 5.92 Å². The molecule has 0 N–H and O–H groups in total. The summed E-state index contributed by atoms with van der Waals surface area (Å²) >= 11 is 1.68. The number of carbonyl (C=O) groups is 1. The summed E-state index contributed by atoms with van der Waals surface area (Å²) in [7, 11) is 0. The van der Waals surface area contributed by atoms with Crippen molar-refractivity contribution in [1.82, 2.24) is 4.90 Å². The molecular formula is C17H27NO2S. The van der Waals surface area contributed by atoms with Crippen molar-refractivity contribution < 1.29 is 9.53 Å². The normalized spacial score (nSPS) is 17.3. The second kappa shape index (κ2) is 8.54. The lowest BCUT2D eigenvalue weighted by molar-refractivity contribution is -0.147. The van der Waals surface area contributed by atoms with E-state index in [1.807, 2.05) is 6.07 Å². The van der Waals surface area contributed by atoms with Crippen molar-refractivity contribution in [3.8, 4) is 0 Å². The van der Waals surface area contributed by atoms with Crippen LogP contribution in [0.2, 0.25) is 0 Å². The number of esters is 1. The first-order valence-electron chi connectivity index (χ1n) is 8.18. The topological polar surface area (TPSA) is 29.5 Å². The van der Waals surface area contributed by atoms with Crippen LogP contribution in [0.3, 0.4) is 0 Å². The van der Waals surface area contributed by atoms with Crippen molar-refractivity contribution in [2.24, 2.45) is 5.92 Å². The minimum absolute atomic E-state index is 0.0171. The van der Waals surface area contributed by atoms with Crippen molar-refractivity contribution in [1.29, 1.82) is 0 Å². The lowest BCUT2D eigenvalue weighted by Gasteiger charge is -2.22. The van der Waals surface area contributed by atoms with Gasteiger partial charge in [0.1, 0.15) is 6.61 Å². The third kappa shape index (κ3) is 4.55. The second-order valence-electron chi connectivity index (χ2n) is 5.73. The molecule has 1 saturated carbocycles. The van der Waals surface area contributed by atoms with Gasteiger partial charge >= 0.3 is 5.97 Å². The van der Waals surface area contributed by atoms with Crippen LogP contribution in [-0.4, -0.2) is 37.1 Å². The average molecular weight is 309 g/mol. The quantitative estimate of drug-likeness (QED) is 0.682. The van der Waals surface area contributed by atoms with E-state index in [-0.39, 0.29) is 11.9 Å². The number of hydrogen-bond acceptors (Lipinski definition) is 4. The first-order chi connectivity index (χ1) is 10.3. The van der Waals surface area contributed by atoms with E-state index < -0.39 is 0 Å². The molecule has 0 amide bonds. The molecule has 1 fully saturated rings. The number of thiophene rings is 1. The van der Waals surface area contributed by atoms with Gasteiger partial charge in [0.2, 0.25) is 0 Å². The molecule has 0 aliphatic heterocycles. The van der Waals surface area contributed by atoms with Gasteiger partial charge in [0.15, 0.2) is 0 Å². The number of ether oxygens (including phenoxy) is 1. The Labute approximate surface area is 132 Å². The number of carbonyl (C=O) groups excluding carboxylic acids is 1. The van der Waals surface area contributed by atoms with Crippen LogP contribution in [0, 0.1) is 5.92 Å². The maximum absolute atomic E-state index is 12.6. The van der Waals surface area contributed by atoms with Crippen LogP contribution in [-0.2, 0) is 9.53 Å². The average Bonchev–Trinajstić information content (AvgIpc) is 3.18. The van der Waals surface area contributed by atoms with E-state index in [0.717, 1.165) is 32.5 Å². The zero-order valence-corrected chi connectivity index (χ0v) is 14.0. The first-order valence-corrected chi connectivity index (χ1v) is 9.06. The van der Waals surface area contributed by atoms with Crippen molar-refractivity contribution in [3.05, 3.63) is 22.4 Å². The Morgan fingerprint density at radius 2 is 2.10 bits per heavy atom. The van der Waals surface area contributed by atoms with E-state index in [0.29, 0.717) is 12.5 Å². The number of likely N-dealkylation sites (N-methyl/N-ethyl adjacent to an activating group) is 1. The molecule has 0 spiro atoms. The van der Waals surface area contributed by atoms with Crippen LogP contribution in [0.4, 0.5) is 0 Å². The van der Waals surface area contributed by atoms with Crippen LogP contribution >= 0.6 is 11.3 Å². The first kappa shape index (κ1) is 16.5. The largest absolute Gasteiger partial charge is 0.464 e. The number of rotatable bonds is 8. The van der Waals surface area contributed by atoms with Gasteiger partial charge in [-0.2, -0.15) is 0 Å². The molecule has 0 radical (unpaired) electrons. The molecule has 118 valence electrons. The molecule has 1 atom stereocenters. The Morgan fingerprint density at radius 3 is 2.67 bits per heavy atom. The fourth-order valence-corrected chi connectivity index (χ4v) is 4.11. The Balaban J connectivity index is 1.92. The fourth-order valence-electron chi connectivity index (χ4n) is 3.20. The highest BCUT2D eigenvalue weighted by molar-refractivity contribution is 7.10. The molecule has 0 bridgehead atoms. The van der Waals surface area contributed by atoms with Crippen LogP contribution in [0.1, 0.15) is 50.3 Å². The summed E-state index contributed by atoms with van der Waals surface area (Å²) in [5, 5.41) is 2.06. The van der Waals surface area contributed by atoms with Crippen molar-refractivity contribution in [2.45, 2.75) is 45.4 Å². The van der Waals surface area contributed by atoms with E-state index in [4.69, 9.17) is 4.74 Å². The summed E-state index contributed by atoms with van der Waals surface area (Å²) in [6.07, 6.45) is 4.82. The third-order valence-electron chi connectivity index (χ3n) is 4.52. The van der Waals surface area contributed by atoms with Crippen molar-refractivity contribution in [3.63, 3.8) is 0 Å². The summed E-state index contributed by atoms with van der Waals surface area (Å²) < 4.78 is 5.60. The van der Waals surface area contributed by atoms with Crippen LogP contribution in [0.15, 0.2) is 17.5 Å². The van der Waals surface area contributed by atoms with E-state index in [9.17, 15) is 4.79 Å². The summed E-state index contributed by atoms with van der Waals surface area (Å²) in [5.74, 6) is 0.422. The van der Waals surface area contributed by atoms with Crippen LogP contribution in [0.5, 0.6) is 0 Å². The summed E-state index contributed by atoms with van der Waals surface area (Å²) in [4.78, 5) is 16.0. The van der Waals surface area contributed by atoms with E-state index >= 15 is 0 Å². The third-order valence-corrected chi connectivity index (χ3v) is 5.48. The summed E-state index contributed by atoms with van der Waals surface area (Å²) in [6, 6.07) is 4.12. The molecule has 0 saturated heterocycles. The molecule has 1 aromatic rings. The van der Waals surface area contributed by atoms with Crippen molar-refractivity contribution >= 4 is 17.3 Å². The van der Waals surface area contributed by atoms with Crippen molar-refractivity contribution in [2.75, 3.05) is 26.2 Å². The monoisotopic (exact) mass is 309 g/mol. The zero-order valence-electron chi connectivity index (χ0n) is 13.2. The Hall–Kier alpha value is -0.870. The van der Waals surface area contributed by atoms with Gasteiger partial charge in [-0.1, -0.05) is 32.8 Å². The van der Waals surface area contributed by atoms with Gasteiger partial charge in [-0.25, -0.2) is 0 Å². The standard InChI is InChI=1S/C17H27NO2S/c1-3-18(4-2)11-12-20-17(19)16(14-8-5-6-9-14)15-10-7-13-21-15/h7,10,13-14,16H,3-6,8-9,11-12H2,1-2H3. The molecule has 0 aromatic carbocycles.